The normalized spacial score (nSPS) is 42.0. The van der Waals surface area contributed by atoms with Gasteiger partial charge in [-0.25, -0.2) is 9.68 Å². The van der Waals surface area contributed by atoms with Gasteiger partial charge in [-0.15, -0.1) is 0 Å². The van der Waals surface area contributed by atoms with Crippen molar-refractivity contribution in [2.75, 3.05) is 6.61 Å². The topological polar surface area (TPSA) is 149 Å². The van der Waals surface area contributed by atoms with Crippen LogP contribution in [0.2, 0.25) is 0 Å². The van der Waals surface area contributed by atoms with Crippen LogP contribution in [0.4, 0.5) is 4.79 Å². The lowest BCUT2D eigenvalue weighted by Crippen LogP contribution is -2.71. The van der Waals surface area contributed by atoms with E-state index in [1.807, 2.05) is 5.32 Å². The minimum atomic E-state index is -2.08. The minimum absolute atomic E-state index is 0.0641. The molecule has 0 aliphatic carbocycles. The van der Waals surface area contributed by atoms with Gasteiger partial charge in [0, 0.05) is 6.42 Å². The predicted octanol–water partition coefficient (Wildman–Crippen LogP) is -2.43. The molecule has 2 saturated heterocycles. The number of amides is 3. The van der Waals surface area contributed by atoms with Crippen LogP contribution in [-0.4, -0.2) is 74.3 Å². The monoisotopic (exact) mass is 292 g/mol. The number of aliphatic hydroxyl groups is 3. The Labute approximate surface area is 113 Å². The summed E-state index contributed by atoms with van der Waals surface area (Å²) in [5.41, 5.74) is -2.08. The molecule has 0 aromatic heterocycles. The summed E-state index contributed by atoms with van der Waals surface area (Å²) >= 11 is 0. The molecule has 0 bridgehead atoms. The fourth-order valence-corrected chi connectivity index (χ4v) is 2.21. The highest BCUT2D eigenvalue weighted by atomic mass is 17.1. The molecule has 20 heavy (non-hydrogen) atoms. The van der Waals surface area contributed by atoms with E-state index in [2.05, 4.69) is 4.89 Å². The van der Waals surface area contributed by atoms with Crippen LogP contribution >= 0.6 is 0 Å². The molecule has 3 amide bonds. The highest BCUT2D eigenvalue weighted by Gasteiger charge is 2.56. The number of hydrogen-bond acceptors (Lipinski definition) is 8. The van der Waals surface area contributed by atoms with E-state index in [-0.39, 0.29) is 6.42 Å². The minimum Gasteiger partial charge on any atom is -0.394 e. The van der Waals surface area contributed by atoms with Crippen molar-refractivity contribution < 1.29 is 39.8 Å². The van der Waals surface area contributed by atoms with Crippen molar-refractivity contribution in [1.82, 2.24) is 10.2 Å². The van der Waals surface area contributed by atoms with Gasteiger partial charge in [-0.1, -0.05) is 0 Å². The van der Waals surface area contributed by atoms with E-state index in [1.54, 1.807) is 0 Å². The Morgan fingerprint density at radius 1 is 1.50 bits per heavy atom. The summed E-state index contributed by atoms with van der Waals surface area (Å²) in [6.07, 6.45) is -4.88. The Hall–Kier alpha value is -1.30. The summed E-state index contributed by atoms with van der Waals surface area (Å²) in [4.78, 5) is 28.1. The van der Waals surface area contributed by atoms with E-state index in [4.69, 9.17) is 15.1 Å². The third-order valence-corrected chi connectivity index (χ3v) is 3.55. The second-order valence-electron chi connectivity index (χ2n) is 4.85. The maximum absolute atomic E-state index is 11.8. The number of imide groups is 1. The number of rotatable bonds is 3. The quantitative estimate of drug-likeness (QED) is 0.285. The molecule has 0 spiro atoms. The van der Waals surface area contributed by atoms with Crippen LogP contribution in [0.3, 0.4) is 0 Å². The molecule has 0 saturated carbocycles. The predicted molar refractivity (Wildman–Crippen MR) is 59.9 cm³/mol. The van der Waals surface area contributed by atoms with Crippen LogP contribution in [0.15, 0.2) is 0 Å². The molecule has 0 radical (unpaired) electrons. The molecular weight excluding hydrogens is 276 g/mol. The third-order valence-electron chi connectivity index (χ3n) is 3.55. The molecule has 2 heterocycles. The summed E-state index contributed by atoms with van der Waals surface area (Å²) in [5, 5.41) is 39.4. The zero-order valence-electron chi connectivity index (χ0n) is 10.6. The van der Waals surface area contributed by atoms with Crippen molar-refractivity contribution in [2.45, 2.75) is 43.6 Å². The van der Waals surface area contributed by atoms with Crippen molar-refractivity contribution in [3.63, 3.8) is 0 Å². The van der Waals surface area contributed by atoms with Gasteiger partial charge in [0.1, 0.15) is 12.3 Å². The lowest BCUT2D eigenvalue weighted by atomic mass is 10.00. The molecule has 0 aromatic carbocycles. The van der Waals surface area contributed by atoms with Gasteiger partial charge in [-0.05, 0) is 6.92 Å². The van der Waals surface area contributed by atoms with Gasteiger partial charge in [-0.2, -0.15) is 0 Å². The Morgan fingerprint density at radius 3 is 2.65 bits per heavy atom. The van der Waals surface area contributed by atoms with E-state index < -0.39 is 48.8 Å². The fraction of sp³-hybridized carbons (Fsp3) is 0.800. The van der Waals surface area contributed by atoms with Gasteiger partial charge in [-0.3, -0.25) is 20.3 Å². The maximum Gasteiger partial charge on any atom is 0.328 e. The summed E-state index contributed by atoms with van der Waals surface area (Å²) < 4.78 is 5.23. The van der Waals surface area contributed by atoms with E-state index >= 15 is 0 Å². The number of nitrogens with zero attached hydrogens (tertiary/aromatic N) is 1. The fourth-order valence-electron chi connectivity index (χ4n) is 2.21. The molecule has 2 aliphatic heterocycles. The first-order valence-electron chi connectivity index (χ1n) is 5.94. The highest BCUT2D eigenvalue weighted by molar-refractivity contribution is 6.01. The van der Waals surface area contributed by atoms with E-state index in [1.165, 1.54) is 0 Å². The van der Waals surface area contributed by atoms with Crippen LogP contribution in [0.25, 0.3) is 0 Å². The smallest absolute Gasteiger partial charge is 0.328 e. The number of nitrogens with one attached hydrogen (secondary N) is 1. The summed E-state index contributed by atoms with van der Waals surface area (Å²) in [6, 6.07) is -0.951. The average molecular weight is 292 g/mol. The number of aliphatic hydroxyl groups excluding tert-OH is 3. The standard InChI is InChI=1S/C10H16N2O8/c1-10(20-18)7(15)11-9(17)12(8(10)16)6-2-4(14)5(3-13)19-6/h4-6,8,13-14,16,18H,2-3H2,1H3,(H,11,15,17)/t4-,5+,6+,8?,10?/m0/s1. The van der Waals surface area contributed by atoms with Crippen molar-refractivity contribution in [1.29, 1.82) is 0 Å². The number of carbonyl (C=O) groups excluding carboxylic acids is 2. The molecule has 114 valence electrons. The molecule has 2 unspecified atom stereocenters. The van der Waals surface area contributed by atoms with Gasteiger partial charge < -0.3 is 20.1 Å². The maximum atomic E-state index is 11.8. The van der Waals surface area contributed by atoms with Crippen molar-refractivity contribution >= 4 is 11.9 Å². The van der Waals surface area contributed by atoms with E-state index in [0.717, 1.165) is 11.8 Å². The molecule has 2 rings (SSSR count). The Morgan fingerprint density at radius 2 is 2.15 bits per heavy atom. The first kappa shape index (κ1) is 15.1. The number of hydrogen-bond donors (Lipinski definition) is 5. The second kappa shape index (κ2) is 5.24. The molecule has 0 aromatic rings. The van der Waals surface area contributed by atoms with E-state index in [0.29, 0.717) is 0 Å². The van der Waals surface area contributed by atoms with Gasteiger partial charge >= 0.3 is 6.03 Å². The molecule has 10 heteroatoms. The van der Waals surface area contributed by atoms with Crippen molar-refractivity contribution in [2.24, 2.45) is 0 Å². The number of ether oxygens (including phenoxy) is 1. The second-order valence-corrected chi connectivity index (χ2v) is 4.85. The number of urea groups is 1. The molecule has 5 atom stereocenters. The zero-order chi connectivity index (χ0) is 15.1. The summed E-state index contributed by atoms with van der Waals surface area (Å²) in [5.74, 6) is -1.01. The average Bonchev–Trinajstić information content (AvgIpc) is 2.77. The van der Waals surface area contributed by atoms with Gasteiger partial charge in [0.05, 0.1) is 12.7 Å². The Bertz CT molecular complexity index is 418. The third kappa shape index (κ3) is 2.16. The molecule has 2 aliphatic rings. The first-order valence-corrected chi connectivity index (χ1v) is 5.94. The summed E-state index contributed by atoms with van der Waals surface area (Å²) in [6.45, 7) is 0.622. The lowest BCUT2D eigenvalue weighted by molar-refractivity contribution is -0.344. The molecular formula is C10H16N2O8. The van der Waals surface area contributed by atoms with Gasteiger partial charge in [0.2, 0.25) is 5.60 Å². The van der Waals surface area contributed by atoms with Crippen molar-refractivity contribution in [3.05, 3.63) is 0 Å². The molecule has 5 N–H and O–H groups in total. The first-order chi connectivity index (χ1) is 9.35. The zero-order valence-corrected chi connectivity index (χ0v) is 10.6. The van der Waals surface area contributed by atoms with E-state index in [9.17, 15) is 19.8 Å². The molecule has 2 fully saturated rings. The van der Waals surface area contributed by atoms with Crippen LogP contribution < -0.4 is 5.32 Å². The van der Waals surface area contributed by atoms with Gasteiger partial charge in [0.15, 0.2) is 6.23 Å². The van der Waals surface area contributed by atoms with Crippen LogP contribution in [0, 0.1) is 0 Å². The Kier molecular flexibility index (Phi) is 3.95. The molecule has 10 nitrogen and oxygen atoms in total. The van der Waals surface area contributed by atoms with Crippen LogP contribution in [0.1, 0.15) is 13.3 Å². The SMILES string of the molecule is CC1(OO)C(=O)NC(=O)N([C@H]2C[C@H](O)[C@@H](CO)O2)C1O. The highest BCUT2D eigenvalue weighted by Crippen LogP contribution is 2.30. The van der Waals surface area contributed by atoms with Gasteiger partial charge in [0.25, 0.3) is 5.91 Å². The van der Waals surface area contributed by atoms with Crippen LogP contribution in [-0.2, 0) is 14.4 Å². The Balaban J connectivity index is 2.23. The van der Waals surface area contributed by atoms with Crippen LogP contribution in [0.5, 0.6) is 0 Å². The summed E-state index contributed by atoms with van der Waals surface area (Å²) in [7, 11) is 0. The van der Waals surface area contributed by atoms with Crippen molar-refractivity contribution in [3.8, 4) is 0 Å². The largest absolute Gasteiger partial charge is 0.394 e. The number of carbonyl (C=O) groups is 2. The lowest BCUT2D eigenvalue weighted by Gasteiger charge is -2.43.